The number of carbonyl (C=O) groups is 2. The first kappa shape index (κ1) is 28.9. The Morgan fingerprint density at radius 1 is 0.833 bits per heavy atom. The molecule has 9 heteroatoms. The summed E-state index contributed by atoms with van der Waals surface area (Å²) < 4.78 is 25.7. The summed E-state index contributed by atoms with van der Waals surface area (Å²) in [5.74, 6) is 0.310. The Morgan fingerprint density at radius 2 is 1.33 bits per heavy atom. The summed E-state index contributed by atoms with van der Waals surface area (Å²) in [6.07, 6.45) is 5.16. The molecule has 0 aromatic heterocycles. The van der Waals surface area contributed by atoms with Crippen LogP contribution in [0.2, 0.25) is 0 Å². The maximum atomic E-state index is 13.0. The van der Waals surface area contributed by atoms with E-state index >= 15 is 0 Å². The normalized spacial score (nSPS) is 15.6. The Hall–Kier alpha value is -1.06. The van der Waals surface area contributed by atoms with Gasteiger partial charge in [0, 0.05) is 17.7 Å². The van der Waals surface area contributed by atoms with Gasteiger partial charge in [0.05, 0.1) is 6.04 Å². The van der Waals surface area contributed by atoms with Crippen molar-refractivity contribution in [3.05, 3.63) is 11.5 Å². The monoisotopic (exact) mass is 463 g/mol. The molecule has 0 heterocycles. The lowest BCUT2D eigenvalue weighted by atomic mass is 9.99. The van der Waals surface area contributed by atoms with Gasteiger partial charge in [0.15, 0.2) is 9.84 Å². The van der Waals surface area contributed by atoms with Gasteiger partial charge in [-0.2, -0.15) is 0 Å². The van der Waals surface area contributed by atoms with Crippen LogP contribution in [0, 0.1) is 17.8 Å². The van der Waals surface area contributed by atoms with Crippen LogP contribution in [0.15, 0.2) is 11.5 Å². The minimum atomic E-state index is -3.30. The highest BCUT2D eigenvalue weighted by Crippen LogP contribution is 2.12. The SMILES string of the molecule is CC(C)CC[C@@H](/C=C/S(C)(=O)=O)NC(=O)[C@H](CC(C)C)NC(=O)[C@H](CC(C)C)NS. The second kappa shape index (κ2) is 14.1. The Labute approximate surface area is 188 Å². The van der Waals surface area contributed by atoms with Crippen LogP contribution in [-0.4, -0.2) is 44.6 Å². The van der Waals surface area contributed by atoms with E-state index in [1.807, 2.05) is 27.7 Å². The topological polar surface area (TPSA) is 104 Å². The maximum absolute atomic E-state index is 13.0. The Balaban J connectivity index is 5.39. The number of hydrogen-bond donors (Lipinski definition) is 4. The lowest BCUT2D eigenvalue weighted by molar-refractivity contribution is -0.130. The van der Waals surface area contributed by atoms with E-state index in [1.165, 1.54) is 6.08 Å². The first-order valence-corrected chi connectivity index (χ1v) is 13.0. The van der Waals surface area contributed by atoms with Crippen LogP contribution < -0.4 is 15.4 Å². The van der Waals surface area contributed by atoms with Gasteiger partial charge in [-0.05, 0) is 43.4 Å². The molecule has 0 aromatic carbocycles. The van der Waals surface area contributed by atoms with Gasteiger partial charge in [-0.1, -0.05) is 60.4 Å². The quantitative estimate of drug-likeness (QED) is 0.297. The van der Waals surface area contributed by atoms with E-state index in [0.717, 1.165) is 18.1 Å². The molecule has 0 radical (unpaired) electrons. The van der Waals surface area contributed by atoms with Crippen molar-refractivity contribution in [3.8, 4) is 0 Å². The molecule has 0 aliphatic heterocycles. The third-order valence-electron chi connectivity index (χ3n) is 4.46. The van der Waals surface area contributed by atoms with E-state index in [2.05, 4.69) is 42.0 Å². The summed E-state index contributed by atoms with van der Waals surface area (Å²) in [6, 6.07) is -1.63. The van der Waals surface area contributed by atoms with E-state index in [-0.39, 0.29) is 17.7 Å². The zero-order chi connectivity index (χ0) is 23.5. The first-order chi connectivity index (χ1) is 13.7. The summed E-state index contributed by atoms with van der Waals surface area (Å²) in [7, 11) is -3.30. The zero-order valence-electron chi connectivity index (χ0n) is 19.4. The molecule has 30 heavy (non-hydrogen) atoms. The number of carbonyl (C=O) groups excluding carboxylic acids is 2. The van der Waals surface area contributed by atoms with Crippen molar-refractivity contribution in [1.82, 2.24) is 15.4 Å². The fourth-order valence-corrected chi connectivity index (χ4v) is 3.61. The van der Waals surface area contributed by atoms with Crippen LogP contribution in [-0.2, 0) is 19.4 Å². The summed E-state index contributed by atoms with van der Waals surface area (Å²) in [5.41, 5.74) is 0. The predicted molar refractivity (Wildman–Crippen MR) is 127 cm³/mol. The fourth-order valence-electron chi connectivity index (χ4n) is 2.92. The average molecular weight is 464 g/mol. The van der Waals surface area contributed by atoms with Crippen molar-refractivity contribution in [2.24, 2.45) is 17.8 Å². The van der Waals surface area contributed by atoms with Crippen molar-refractivity contribution in [3.63, 3.8) is 0 Å². The van der Waals surface area contributed by atoms with Gasteiger partial charge in [-0.15, -0.1) is 0 Å². The first-order valence-electron chi connectivity index (χ1n) is 10.6. The largest absolute Gasteiger partial charge is 0.348 e. The molecule has 0 bridgehead atoms. The molecule has 0 rings (SSSR count). The highest BCUT2D eigenvalue weighted by atomic mass is 32.2. The molecule has 3 N–H and O–H groups in total. The standard InChI is InChI=1S/C21H41N3O4S2/c1-14(2)8-9-17(10-11-30(7,27)28)22-20(25)18(12-15(3)4)23-21(26)19(24-29)13-16(5)6/h10-11,14-19,24,29H,8-9,12-13H2,1-7H3,(H,22,25)(H,23,26)/b11-10+/t17-,18-,19-/m0/s1. The molecule has 0 fully saturated rings. The highest BCUT2D eigenvalue weighted by Gasteiger charge is 2.27. The van der Waals surface area contributed by atoms with Crippen LogP contribution in [0.4, 0.5) is 0 Å². The third kappa shape index (κ3) is 14.0. The molecule has 0 saturated heterocycles. The molecule has 2 amide bonds. The molecular formula is C21H41N3O4S2. The Kier molecular flexibility index (Phi) is 13.6. The predicted octanol–water partition coefficient (Wildman–Crippen LogP) is 2.85. The number of thiol groups is 1. The molecule has 7 nitrogen and oxygen atoms in total. The molecule has 0 aliphatic carbocycles. The lowest BCUT2D eigenvalue weighted by Crippen LogP contribution is -2.53. The van der Waals surface area contributed by atoms with E-state index < -0.39 is 28.0 Å². The average Bonchev–Trinajstić information content (AvgIpc) is 2.59. The summed E-state index contributed by atoms with van der Waals surface area (Å²) in [5, 5.41) is 6.87. The van der Waals surface area contributed by atoms with Crippen molar-refractivity contribution in [2.45, 2.75) is 85.4 Å². The van der Waals surface area contributed by atoms with Gasteiger partial charge in [0.1, 0.15) is 6.04 Å². The Bertz CT molecular complexity index is 661. The van der Waals surface area contributed by atoms with Gasteiger partial charge >= 0.3 is 0 Å². The summed E-state index contributed by atoms with van der Waals surface area (Å²) in [4.78, 5) is 25.6. The molecule has 0 unspecified atom stereocenters. The number of rotatable bonds is 14. The molecule has 0 saturated carbocycles. The Morgan fingerprint density at radius 3 is 1.77 bits per heavy atom. The summed E-state index contributed by atoms with van der Waals surface area (Å²) >= 11 is 4.05. The van der Waals surface area contributed by atoms with Crippen LogP contribution in [0.1, 0.15) is 67.2 Å². The number of nitrogens with one attached hydrogen (secondary N) is 3. The fraction of sp³-hybridized carbons (Fsp3) is 0.810. The van der Waals surface area contributed by atoms with Gasteiger partial charge < -0.3 is 10.6 Å². The van der Waals surface area contributed by atoms with Crippen molar-refractivity contribution >= 4 is 34.5 Å². The van der Waals surface area contributed by atoms with Crippen LogP contribution in [0.3, 0.4) is 0 Å². The van der Waals surface area contributed by atoms with Gasteiger partial charge in [-0.25, -0.2) is 8.42 Å². The lowest BCUT2D eigenvalue weighted by Gasteiger charge is -2.26. The smallest absolute Gasteiger partial charge is 0.243 e. The van der Waals surface area contributed by atoms with E-state index in [4.69, 9.17) is 0 Å². The second-order valence-corrected chi connectivity index (χ2v) is 11.4. The van der Waals surface area contributed by atoms with Crippen molar-refractivity contribution in [2.75, 3.05) is 6.26 Å². The second-order valence-electron chi connectivity index (χ2n) is 9.25. The molecule has 3 atom stereocenters. The zero-order valence-corrected chi connectivity index (χ0v) is 21.1. The van der Waals surface area contributed by atoms with E-state index in [9.17, 15) is 18.0 Å². The number of amides is 2. The van der Waals surface area contributed by atoms with E-state index in [0.29, 0.717) is 31.1 Å². The van der Waals surface area contributed by atoms with Crippen LogP contribution >= 0.6 is 12.8 Å². The maximum Gasteiger partial charge on any atom is 0.243 e. The minimum Gasteiger partial charge on any atom is -0.348 e. The van der Waals surface area contributed by atoms with Gasteiger partial charge in [-0.3, -0.25) is 14.3 Å². The van der Waals surface area contributed by atoms with Crippen molar-refractivity contribution in [1.29, 1.82) is 0 Å². The number of sulfone groups is 1. The summed E-state index contributed by atoms with van der Waals surface area (Å²) in [6.45, 7) is 12.1. The highest BCUT2D eigenvalue weighted by molar-refractivity contribution is 7.93. The van der Waals surface area contributed by atoms with Crippen LogP contribution in [0.5, 0.6) is 0 Å². The molecule has 0 spiro atoms. The molecule has 0 aliphatic rings. The number of hydrogen-bond acceptors (Lipinski definition) is 6. The molecule has 0 aromatic rings. The van der Waals surface area contributed by atoms with Crippen LogP contribution in [0.25, 0.3) is 0 Å². The van der Waals surface area contributed by atoms with E-state index in [1.54, 1.807) is 0 Å². The minimum absolute atomic E-state index is 0.189. The molecule has 176 valence electrons. The van der Waals surface area contributed by atoms with Gasteiger partial charge in [0.25, 0.3) is 0 Å². The molecular weight excluding hydrogens is 422 g/mol. The third-order valence-corrected chi connectivity index (χ3v) is 5.42. The van der Waals surface area contributed by atoms with Gasteiger partial charge in [0.2, 0.25) is 11.8 Å². The van der Waals surface area contributed by atoms with Crippen molar-refractivity contribution < 1.29 is 18.0 Å².